The molecule has 1 aliphatic heterocycles. The van der Waals surface area contributed by atoms with Crippen molar-refractivity contribution >= 4 is 0 Å². The fourth-order valence-electron chi connectivity index (χ4n) is 3.42. The summed E-state index contributed by atoms with van der Waals surface area (Å²) in [5.41, 5.74) is 2.47. The molecule has 106 valence electrons. The van der Waals surface area contributed by atoms with Gasteiger partial charge >= 0.3 is 0 Å². The Morgan fingerprint density at radius 1 is 1.11 bits per heavy atom. The van der Waals surface area contributed by atoms with Gasteiger partial charge in [-0.1, -0.05) is 6.92 Å². The molecule has 1 aliphatic rings. The maximum Gasteiger partial charge on any atom is 0.123 e. The first-order chi connectivity index (χ1) is 8.82. The van der Waals surface area contributed by atoms with Gasteiger partial charge in [0.15, 0.2) is 0 Å². The maximum atomic E-state index is 13.4. The Labute approximate surface area is 114 Å². The minimum Gasteiger partial charge on any atom is -0.388 e. The highest BCUT2D eigenvalue weighted by Crippen LogP contribution is 2.42. The minimum absolute atomic E-state index is 0.0175. The van der Waals surface area contributed by atoms with Crippen molar-refractivity contribution in [3.63, 3.8) is 0 Å². The van der Waals surface area contributed by atoms with Gasteiger partial charge in [-0.25, -0.2) is 4.39 Å². The van der Waals surface area contributed by atoms with Crippen LogP contribution in [0.4, 0.5) is 4.39 Å². The van der Waals surface area contributed by atoms with Crippen molar-refractivity contribution in [3.05, 3.63) is 34.6 Å². The molecule has 1 aromatic carbocycles. The van der Waals surface area contributed by atoms with Crippen LogP contribution in [-0.4, -0.2) is 17.3 Å². The summed E-state index contributed by atoms with van der Waals surface area (Å²) in [4.78, 5) is 0. The van der Waals surface area contributed by atoms with Crippen molar-refractivity contribution in [2.45, 2.75) is 52.9 Å². The molecule has 1 N–H and O–H groups in total. The fraction of sp³-hybridized carbons (Fsp3) is 0.625. The van der Waals surface area contributed by atoms with Crippen molar-refractivity contribution in [1.29, 1.82) is 0 Å². The third-order valence-corrected chi connectivity index (χ3v) is 4.54. The zero-order chi connectivity index (χ0) is 14.3. The van der Waals surface area contributed by atoms with E-state index in [2.05, 4.69) is 6.92 Å². The molecule has 19 heavy (non-hydrogen) atoms. The van der Waals surface area contributed by atoms with Crippen molar-refractivity contribution in [3.8, 4) is 0 Å². The topological polar surface area (TPSA) is 29.5 Å². The number of hydrogen-bond acceptors (Lipinski definition) is 2. The largest absolute Gasteiger partial charge is 0.388 e. The Kier molecular flexibility index (Phi) is 3.98. The molecule has 0 amide bonds. The first-order valence-electron chi connectivity index (χ1n) is 6.93. The minimum atomic E-state index is -0.601. The molecule has 2 nitrogen and oxygen atoms in total. The Hall–Kier alpha value is -0.930. The van der Waals surface area contributed by atoms with Gasteiger partial charge in [-0.15, -0.1) is 0 Å². The predicted molar refractivity (Wildman–Crippen MR) is 73.5 cm³/mol. The predicted octanol–water partition coefficient (Wildman–Crippen LogP) is 3.54. The van der Waals surface area contributed by atoms with Crippen LogP contribution in [-0.2, 0) is 4.74 Å². The van der Waals surface area contributed by atoms with Crippen molar-refractivity contribution < 1.29 is 14.2 Å². The van der Waals surface area contributed by atoms with Gasteiger partial charge in [-0.3, -0.25) is 0 Å². The molecule has 1 fully saturated rings. The molecule has 2 rings (SSSR count). The van der Waals surface area contributed by atoms with E-state index in [0.29, 0.717) is 0 Å². The Morgan fingerprint density at radius 3 is 2.05 bits per heavy atom. The van der Waals surface area contributed by atoms with Gasteiger partial charge in [-0.05, 0) is 62.4 Å². The van der Waals surface area contributed by atoms with Gasteiger partial charge in [0.1, 0.15) is 5.82 Å². The molecule has 0 radical (unpaired) electrons. The van der Waals surface area contributed by atoms with Crippen LogP contribution >= 0.6 is 0 Å². The van der Waals surface area contributed by atoms with Gasteiger partial charge in [0, 0.05) is 5.92 Å². The van der Waals surface area contributed by atoms with Crippen LogP contribution in [0.1, 0.15) is 43.6 Å². The van der Waals surface area contributed by atoms with E-state index in [9.17, 15) is 9.50 Å². The third kappa shape index (κ3) is 2.54. The van der Waals surface area contributed by atoms with Gasteiger partial charge in [0.25, 0.3) is 0 Å². The number of aliphatic hydroxyl groups excluding tert-OH is 1. The van der Waals surface area contributed by atoms with Crippen LogP contribution in [0.5, 0.6) is 0 Å². The molecule has 1 saturated heterocycles. The second-order valence-corrected chi connectivity index (χ2v) is 5.88. The van der Waals surface area contributed by atoms with E-state index in [1.807, 2.05) is 27.7 Å². The van der Waals surface area contributed by atoms with Crippen molar-refractivity contribution in [2.24, 2.45) is 11.8 Å². The second-order valence-electron chi connectivity index (χ2n) is 5.88. The monoisotopic (exact) mass is 266 g/mol. The van der Waals surface area contributed by atoms with Crippen LogP contribution in [0.25, 0.3) is 0 Å². The van der Waals surface area contributed by atoms with Gasteiger partial charge in [-0.2, -0.15) is 0 Å². The molecule has 0 spiro atoms. The standard InChI is InChI=1S/C16H23FO2/c1-8-6-13(17)7-9(2)14(8)16(18)15-10(3)11(4)19-12(15)5/h6-7,10-12,15-16,18H,1-5H3. The van der Waals surface area contributed by atoms with E-state index in [-0.39, 0.29) is 29.9 Å². The summed E-state index contributed by atoms with van der Waals surface area (Å²) < 4.78 is 19.2. The molecule has 0 aromatic heterocycles. The molecule has 5 atom stereocenters. The summed E-state index contributed by atoms with van der Waals surface area (Å²) in [6.07, 6.45) is -0.435. The quantitative estimate of drug-likeness (QED) is 0.887. The number of aryl methyl sites for hydroxylation is 2. The van der Waals surface area contributed by atoms with Crippen LogP contribution in [0.15, 0.2) is 12.1 Å². The highest BCUT2D eigenvalue weighted by molar-refractivity contribution is 5.36. The van der Waals surface area contributed by atoms with E-state index in [0.717, 1.165) is 16.7 Å². The lowest BCUT2D eigenvalue weighted by Gasteiger charge is -2.27. The first-order valence-corrected chi connectivity index (χ1v) is 6.93. The number of rotatable bonds is 2. The molecule has 0 bridgehead atoms. The van der Waals surface area contributed by atoms with E-state index >= 15 is 0 Å². The number of benzene rings is 1. The lowest BCUT2D eigenvalue weighted by molar-refractivity contribution is 0.0227. The number of aliphatic hydroxyl groups is 1. The summed E-state index contributed by atoms with van der Waals surface area (Å²) in [6, 6.07) is 2.97. The summed E-state index contributed by atoms with van der Waals surface area (Å²) in [6.45, 7) is 9.85. The van der Waals surface area contributed by atoms with E-state index < -0.39 is 6.10 Å². The second kappa shape index (κ2) is 5.22. The SMILES string of the molecule is Cc1cc(F)cc(C)c1C(O)C1C(C)OC(C)C1C. The Morgan fingerprint density at radius 2 is 1.63 bits per heavy atom. The normalized spacial score (nSPS) is 32.6. The molecule has 5 unspecified atom stereocenters. The van der Waals surface area contributed by atoms with Gasteiger partial charge in [0.05, 0.1) is 18.3 Å². The molecule has 1 aromatic rings. The molecular formula is C16H23FO2. The summed E-state index contributed by atoms with van der Waals surface area (Å²) in [5.74, 6) is 0.0924. The zero-order valence-corrected chi connectivity index (χ0v) is 12.3. The van der Waals surface area contributed by atoms with Crippen LogP contribution in [0.3, 0.4) is 0 Å². The summed E-state index contributed by atoms with van der Waals surface area (Å²) in [5, 5.41) is 10.7. The van der Waals surface area contributed by atoms with Crippen LogP contribution < -0.4 is 0 Å². The molecule has 1 heterocycles. The number of ether oxygens (including phenoxy) is 1. The van der Waals surface area contributed by atoms with Gasteiger partial charge in [0.2, 0.25) is 0 Å². The summed E-state index contributed by atoms with van der Waals surface area (Å²) in [7, 11) is 0. The van der Waals surface area contributed by atoms with E-state index in [4.69, 9.17) is 4.74 Å². The first kappa shape index (κ1) is 14.5. The maximum absolute atomic E-state index is 13.4. The summed E-state index contributed by atoms with van der Waals surface area (Å²) >= 11 is 0. The average molecular weight is 266 g/mol. The van der Waals surface area contributed by atoms with Crippen molar-refractivity contribution in [1.82, 2.24) is 0 Å². The average Bonchev–Trinajstić information content (AvgIpc) is 2.51. The Balaban J connectivity index is 2.37. The molecular weight excluding hydrogens is 243 g/mol. The zero-order valence-electron chi connectivity index (χ0n) is 12.3. The highest BCUT2D eigenvalue weighted by Gasteiger charge is 2.42. The Bertz CT molecular complexity index is 449. The van der Waals surface area contributed by atoms with E-state index in [1.165, 1.54) is 12.1 Å². The number of halogens is 1. The third-order valence-electron chi connectivity index (χ3n) is 4.54. The molecule has 0 aliphatic carbocycles. The van der Waals surface area contributed by atoms with Gasteiger partial charge < -0.3 is 9.84 Å². The number of hydrogen-bond donors (Lipinski definition) is 1. The smallest absolute Gasteiger partial charge is 0.123 e. The fourth-order valence-corrected chi connectivity index (χ4v) is 3.42. The van der Waals surface area contributed by atoms with Crippen LogP contribution in [0, 0.1) is 31.5 Å². The van der Waals surface area contributed by atoms with Crippen LogP contribution in [0.2, 0.25) is 0 Å². The van der Waals surface area contributed by atoms with Crippen molar-refractivity contribution in [2.75, 3.05) is 0 Å². The highest BCUT2D eigenvalue weighted by atomic mass is 19.1. The lowest BCUT2D eigenvalue weighted by Crippen LogP contribution is -2.26. The molecule has 0 saturated carbocycles. The lowest BCUT2D eigenvalue weighted by atomic mass is 9.80. The molecule has 3 heteroatoms. The van der Waals surface area contributed by atoms with E-state index in [1.54, 1.807) is 0 Å².